The summed E-state index contributed by atoms with van der Waals surface area (Å²) in [5, 5.41) is 0.195. The maximum absolute atomic E-state index is 12.8. The molecular formula is C16H10F3NO3. The van der Waals surface area contributed by atoms with Crippen molar-refractivity contribution in [2.24, 2.45) is 0 Å². The molecule has 118 valence electrons. The van der Waals surface area contributed by atoms with Crippen LogP contribution in [0.15, 0.2) is 51.7 Å². The van der Waals surface area contributed by atoms with Gasteiger partial charge in [-0.2, -0.15) is 13.2 Å². The number of alkyl halides is 3. The third kappa shape index (κ3) is 2.90. The lowest BCUT2D eigenvalue weighted by molar-refractivity contribution is -0.137. The highest BCUT2D eigenvalue weighted by molar-refractivity contribution is 5.80. The van der Waals surface area contributed by atoms with Crippen molar-refractivity contribution in [3.63, 3.8) is 0 Å². The second kappa shape index (κ2) is 5.42. The second-order valence-corrected chi connectivity index (χ2v) is 4.77. The standard InChI is InChI=1S/C16H10F3NO3/c1-22-11-5-6-13-12(8-11)15(21)23-14(20-13)9-3-2-4-10(7-9)16(17,18)19/h2-8H,1H3. The van der Waals surface area contributed by atoms with Gasteiger partial charge >= 0.3 is 11.8 Å². The fourth-order valence-corrected chi connectivity index (χ4v) is 2.13. The number of methoxy groups -OCH3 is 1. The van der Waals surface area contributed by atoms with Crippen molar-refractivity contribution < 1.29 is 22.3 Å². The number of ether oxygens (including phenoxy) is 1. The summed E-state index contributed by atoms with van der Waals surface area (Å²) in [4.78, 5) is 16.2. The lowest BCUT2D eigenvalue weighted by atomic mass is 10.1. The molecule has 3 rings (SSSR count). The lowest BCUT2D eigenvalue weighted by Crippen LogP contribution is -2.06. The zero-order chi connectivity index (χ0) is 16.6. The van der Waals surface area contributed by atoms with Crippen molar-refractivity contribution in [1.29, 1.82) is 0 Å². The van der Waals surface area contributed by atoms with Crippen LogP contribution < -0.4 is 10.4 Å². The van der Waals surface area contributed by atoms with Gasteiger partial charge in [0.2, 0.25) is 5.89 Å². The van der Waals surface area contributed by atoms with Crippen molar-refractivity contribution in [2.75, 3.05) is 7.11 Å². The molecule has 2 aromatic carbocycles. The van der Waals surface area contributed by atoms with Gasteiger partial charge in [-0.15, -0.1) is 0 Å². The molecule has 0 atom stereocenters. The summed E-state index contributed by atoms with van der Waals surface area (Å²) < 4.78 is 48.4. The van der Waals surface area contributed by atoms with Crippen LogP contribution in [0.4, 0.5) is 13.2 Å². The number of benzene rings is 2. The summed E-state index contributed by atoms with van der Waals surface area (Å²) in [5.74, 6) is 0.289. The first-order valence-corrected chi connectivity index (χ1v) is 6.55. The minimum Gasteiger partial charge on any atom is -0.497 e. The van der Waals surface area contributed by atoms with Gasteiger partial charge in [-0.3, -0.25) is 0 Å². The first-order valence-electron chi connectivity index (χ1n) is 6.55. The van der Waals surface area contributed by atoms with Crippen LogP contribution in [-0.4, -0.2) is 12.1 Å². The monoisotopic (exact) mass is 321 g/mol. The maximum atomic E-state index is 12.8. The average Bonchev–Trinajstić information content (AvgIpc) is 2.54. The molecule has 7 heteroatoms. The smallest absolute Gasteiger partial charge is 0.416 e. The number of hydrogen-bond donors (Lipinski definition) is 0. The minimum atomic E-state index is -4.49. The molecule has 1 heterocycles. The Morgan fingerprint density at radius 1 is 1.13 bits per heavy atom. The topological polar surface area (TPSA) is 52.3 Å². The van der Waals surface area contributed by atoms with Crippen LogP contribution in [0.1, 0.15) is 5.56 Å². The molecule has 0 saturated carbocycles. The van der Waals surface area contributed by atoms with E-state index in [9.17, 15) is 18.0 Å². The molecule has 1 aromatic heterocycles. The van der Waals surface area contributed by atoms with Gasteiger partial charge in [0.1, 0.15) is 5.75 Å². The summed E-state index contributed by atoms with van der Waals surface area (Å²) in [5.41, 5.74) is -1.14. The van der Waals surface area contributed by atoms with Crippen molar-refractivity contribution in [1.82, 2.24) is 4.98 Å². The van der Waals surface area contributed by atoms with E-state index < -0.39 is 17.4 Å². The van der Waals surface area contributed by atoms with Crippen LogP contribution in [0.3, 0.4) is 0 Å². The maximum Gasteiger partial charge on any atom is 0.416 e. The van der Waals surface area contributed by atoms with Crippen molar-refractivity contribution in [3.8, 4) is 17.2 Å². The Labute approximate surface area is 128 Å². The van der Waals surface area contributed by atoms with Gasteiger partial charge < -0.3 is 9.15 Å². The highest BCUT2D eigenvalue weighted by Gasteiger charge is 2.30. The van der Waals surface area contributed by atoms with Crippen LogP contribution in [0.2, 0.25) is 0 Å². The first kappa shape index (κ1) is 15.1. The highest BCUT2D eigenvalue weighted by Crippen LogP contribution is 2.31. The van der Waals surface area contributed by atoms with Crippen molar-refractivity contribution in [3.05, 3.63) is 58.4 Å². The van der Waals surface area contributed by atoms with E-state index in [1.54, 1.807) is 12.1 Å². The number of nitrogens with zero attached hydrogens (tertiary/aromatic N) is 1. The summed E-state index contributed by atoms with van der Waals surface area (Å²) in [6, 6.07) is 9.07. The van der Waals surface area contributed by atoms with Crippen LogP contribution in [-0.2, 0) is 6.18 Å². The van der Waals surface area contributed by atoms with Gasteiger partial charge in [0.25, 0.3) is 0 Å². The Bertz CT molecular complexity index is 932. The summed E-state index contributed by atoms with van der Waals surface area (Å²) in [6.07, 6.45) is -4.49. The number of rotatable bonds is 2. The predicted molar refractivity (Wildman–Crippen MR) is 77.3 cm³/mol. The number of halogens is 3. The normalized spacial score (nSPS) is 11.7. The van der Waals surface area contributed by atoms with Crippen LogP contribution in [0, 0.1) is 0 Å². The third-order valence-electron chi connectivity index (χ3n) is 3.27. The average molecular weight is 321 g/mol. The molecule has 0 unspecified atom stereocenters. The summed E-state index contributed by atoms with van der Waals surface area (Å²) in [7, 11) is 1.45. The summed E-state index contributed by atoms with van der Waals surface area (Å²) in [6.45, 7) is 0. The molecule has 4 nitrogen and oxygen atoms in total. The van der Waals surface area contributed by atoms with Gasteiger partial charge in [-0.1, -0.05) is 6.07 Å². The highest BCUT2D eigenvalue weighted by atomic mass is 19.4. The molecule has 0 N–H and O–H groups in total. The Morgan fingerprint density at radius 3 is 2.61 bits per heavy atom. The van der Waals surface area contributed by atoms with E-state index in [2.05, 4.69) is 4.98 Å². The van der Waals surface area contributed by atoms with E-state index in [1.807, 2.05) is 0 Å². The Balaban J connectivity index is 2.16. The number of hydrogen-bond acceptors (Lipinski definition) is 4. The van der Waals surface area contributed by atoms with Crippen LogP contribution in [0.5, 0.6) is 5.75 Å². The predicted octanol–water partition coefficient (Wildman–Crippen LogP) is 3.88. The largest absolute Gasteiger partial charge is 0.497 e. The van der Waals surface area contributed by atoms with Gasteiger partial charge in [-0.05, 0) is 36.4 Å². The van der Waals surface area contributed by atoms with Gasteiger partial charge in [0, 0.05) is 5.56 Å². The number of fused-ring (bicyclic) bond motifs is 1. The molecule has 0 radical (unpaired) electrons. The molecule has 0 aliphatic heterocycles. The zero-order valence-electron chi connectivity index (χ0n) is 11.8. The Kier molecular flexibility index (Phi) is 3.55. The molecule has 0 bridgehead atoms. The molecule has 3 aromatic rings. The van der Waals surface area contributed by atoms with E-state index in [4.69, 9.17) is 9.15 Å². The Morgan fingerprint density at radius 2 is 1.91 bits per heavy atom. The molecular weight excluding hydrogens is 311 g/mol. The lowest BCUT2D eigenvalue weighted by Gasteiger charge is -2.08. The van der Waals surface area contributed by atoms with Gasteiger partial charge in [0.05, 0.1) is 23.6 Å². The van der Waals surface area contributed by atoms with E-state index >= 15 is 0 Å². The molecule has 0 fully saturated rings. The van der Waals surface area contributed by atoms with E-state index in [0.29, 0.717) is 11.3 Å². The zero-order valence-corrected chi connectivity index (χ0v) is 11.8. The van der Waals surface area contributed by atoms with Crippen LogP contribution >= 0.6 is 0 Å². The van der Waals surface area contributed by atoms with E-state index in [0.717, 1.165) is 12.1 Å². The molecule has 0 aliphatic carbocycles. The van der Waals surface area contributed by atoms with Crippen molar-refractivity contribution in [2.45, 2.75) is 6.18 Å². The molecule has 0 amide bonds. The SMILES string of the molecule is COc1ccc2nc(-c3cccc(C(F)(F)F)c3)oc(=O)c2c1. The minimum absolute atomic E-state index is 0.0784. The van der Waals surface area contributed by atoms with Gasteiger partial charge in [-0.25, -0.2) is 9.78 Å². The van der Waals surface area contributed by atoms with E-state index in [1.165, 1.54) is 25.3 Å². The quantitative estimate of drug-likeness (QED) is 0.719. The third-order valence-corrected chi connectivity index (χ3v) is 3.27. The molecule has 0 aliphatic rings. The first-order chi connectivity index (χ1) is 10.9. The molecule has 23 heavy (non-hydrogen) atoms. The molecule has 0 saturated heterocycles. The van der Waals surface area contributed by atoms with Crippen molar-refractivity contribution >= 4 is 10.9 Å². The van der Waals surface area contributed by atoms with E-state index in [-0.39, 0.29) is 16.8 Å². The fourth-order valence-electron chi connectivity index (χ4n) is 2.13. The molecule has 0 spiro atoms. The summed E-state index contributed by atoms with van der Waals surface area (Å²) >= 11 is 0. The second-order valence-electron chi connectivity index (χ2n) is 4.77. The Hall–Kier alpha value is -2.83. The fraction of sp³-hybridized carbons (Fsp3) is 0.125. The van der Waals surface area contributed by atoms with Gasteiger partial charge in [0.15, 0.2) is 0 Å². The number of aromatic nitrogens is 1. The van der Waals surface area contributed by atoms with Crippen LogP contribution in [0.25, 0.3) is 22.4 Å².